The Hall–Kier alpha value is -1.12. The summed E-state index contributed by atoms with van der Waals surface area (Å²) >= 11 is 6.01. The van der Waals surface area contributed by atoms with Crippen LogP contribution < -0.4 is 0 Å². The zero-order chi connectivity index (χ0) is 16.3. The third-order valence-corrected chi connectivity index (χ3v) is 5.94. The smallest absolute Gasteiger partial charge is 0.275 e. The summed E-state index contributed by atoms with van der Waals surface area (Å²) in [4.78, 5) is 14.1. The fraction of sp³-hybridized carbons (Fsp3) is 0.692. The lowest BCUT2D eigenvalue weighted by atomic mass is 10.3. The highest BCUT2D eigenvalue weighted by Crippen LogP contribution is 2.17. The van der Waals surface area contributed by atoms with Gasteiger partial charge in [0.25, 0.3) is 5.91 Å². The second-order valence-corrected chi connectivity index (χ2v) is 7.86. The van der Waals surface area contributed by atoms with Gasteiger partial charge in [0.05, 0.1) is 10.8 Å². The van der Waals surface area contributed by atoms with Crippen LogP contribution in [0.5, 0.6) is 0 Å². The minimum absolute atomic E-state index is 0.146. The lowest BCUT2D eigenvalue weighted by molar-refractivity contribution is 0.0757. The molecule has 0 saturated carbocycles. The molecule has 0 unspecified atom stereocenters. The Balaban J connectivity index is 2.07. The summed E-state index contributed by atoms with van der Waals surface area (Å²) in [6.07, 6.45) is 2.77. The van der Waals surface area contributed by atoms with Gasteiger partial charge in [-0.05, 0) is 12.8 Å². The molecule has 0 aliphatic carbocycles. The number of aromatic nitrogens is 2. The number of carbonyl (C=O) groups is 1. The van der Waals surface area contributed by atoms with Gasteiger partial charge in [-0.15, -0.1) is 0 Å². The zero-order valence-electron chi connectivity index (χ0n) is 12.8. The van der Waals surface area contributed by atoms with E-state index in [0.717, 1.165) is 0 Å². The number of carbonyl (C=O) groups excluding carboxylic acids is 1. The molecule has 124 valence electrons. The van der Waals surface area contributed by atoms with Crippen molar-refractivity contribution >= 4 is 27.5 Å². The number of nitrogens with zero attached hydrogens (tertiary/aromatic N) is 4. The van der Waals surface area contributed by atoms with Crippen LogP contribution in [-0.4, -0.2) is 65.2 Å². The molecule has 1 fully saturated rings. The van der Waals surface area contributed by atoms with E-state index in [1.165, 1.54) is 8.99 Å². The summed E-state index contributed by atoms with van der Waals surface area (Å²) in [6.45, 7) is 3.47. The van der Waals surface area contributed by atoms with Crippen molar-refractivity contribution in [1.82, 2.24) is 19.0 Å². The maximum Gasteiger partial charge on any atom is 0.275 e. The van der Waals surface area contributed by atoms with Gasteiger partial charge in [0.1, 0.15) is 0 Å². The zero-order valence-corrected chi connectivity index (χ0v) is 14.4. The van der Waals surface area contributed by atoms with Crippen molar-refractivity contribution in [3.63, 3.8) is 0 Å². The number of aryl methyl sites for hydroxylation is 1. The topological polar surface area (TPSA) is 75.5 Å². The first-order chi connectivity index (χ1) is 10.3. The number of hydrogen-bond donors (Lipinski definition) is 0. The molecule has 2 rings (SSSR count). The summed E-state index contributed by atoms with van der Waals surface area (Å²) in [5, 5.41) is 4.39. The standard InChI is InChI=1S/C13H21ClN4O3S/c1-3-9-22(20,21)18-6-4-5-17(7-8-18)13(19)12-11(14)10-16(2)15-12/h10H,3-9H2,1-2H3. The predicted octanol–water partition coefficient (Wildman–Crippen LogP) is 0.961. The first-order valence-corrected chi connectivity index (χ1v) is 9.30. The van der Waals surface area contributed by atoms with Gasteiger partial charge in [-0.2, -0.15) is 5.10 Å². The first kappa shape index (κ1) is 17.2. The summed E-state index contributed by atoms with van der Waals surface area (Å²) in [5.74, 6) is -0.104. The number of hydrogen-bond acceptors (Lipinski definition) is 4. The third kappa shape index (κ3) is 3.80. The van der Waals surface area contributed by atoms with Crippen molar-refractivity contribution in [2.45, 2.75) is 19.8 Å². The predicted molar refractivity (Wildman–Crippen MR) is 84.4 cm³/mol. The maximum absolute atomic E-state index is 12.5. The molecule has 0 N–H and O–H groups in total. The minimum Gasteiger partial charge on any atom is -0.336 e. The highest BCUT2D eigenvalue weighted by Gasteiger charge is 2.28. The molecule has 0 spiro atoms. The summed E-state index contributed by atoms with van der Waals surface area (Å²) < 4.78 is 27.2. The second kappa shape index (κ2) is 6.97. The minimum atomic E-state index is -3.22. The quantitative estimate of drug-likeness (QED) is 0.812. The van der Waals surface area contributed by atoms with Crippen LogP contribution in [0.2, 0.25) is 5.02 Å². The first-order valence-electron chi connectivity index (χ1n) is 7.31. The van der Waals surface area contributed by atoms with Crippen molar-refractivity contribution in [3.05, 3.63) is 16.9 Å². The van der Waals surface area contributed by atoms with Crippen LogP contribution in [0.15, 0.2) is 6.20 Å². The summed E-state index contributed by atoms with van der Waals surface area (Å²) in [7, 11) is -1.53. The van der Waals surface area contributed by atoms with Crippen molar-refractivity contribution in [3.8, 4) is 0 Å². The van der Waals surface area contributed by atoms with Gasteiger partial charge in [-0.25, -0.2) is 12.7 Å². The molecular weight excluding hydrogens is 328 g/mol. The van der Waals surface area contributed by atoms with Gasteiger partial charge in [-0.1, -0.05) is 18.5 Å². The fourth-order valence-corrected chi connectivity index (χ4v) is 4.32. The van der Waals surface area contributed by atoms with Crippen molar-refractivity contribution < 1.29 is 13.2 Å². The van der Waals surface area contributed by atoms with E-state index < -0.39 is 10.0 Å². The van der Waals surface area contributed by atoms with E-state index in [0.29, 0.717) is 44.0 Å². The van der Waals surface area contributed by atoms with Crippen LogP contribution in [0.3, 0.4) is 0 Å². The molecule has 0 bridgehead atoms. The van der Waals surface area contributed by atoms with Crippen molar-refractivity contribution in [2.24, 2.45) is 7.05 Å². The molecule has 7 nitrogen and oxygen atoms in total. The number of rotatable bonds is 4. The van der Waals surface area contributed by atoms with E-state index in [2.05, 4.69) is 5.10 Å². The van der Waals surface area contributed by atoms with E-state index in [1.54, 1.807) is 18.1 Å². The second-order valence-electron chi connectivity index (χ2n) is 5.36. The molecule has 1 saturated heterocycles. The van der Waals surface area contributed by atoms with Crippen LogP contribution in [0.25, 0.3) is 0 Å². The summed E-state index contributed by atoms with van der Waals surface area (Å²) in [6, 6.07) is 0. The van der Waals surface area contributed by atoms with E-state index in [4.69, 9.17) is 11.6 Å². The Kier molecular flexibility index (Phi) is 5.46. The van der Waals surface area contributed by atoms with Gasteiger partial charge in [0.15, 0.2) is 5.69 Å². The molecule has 0 atom stereocenters. The molecule has 1 aliphatic rings. The normalized spacial score (nSPS) is 17.5. The van der Waals surface area contributed by atoms with Crippen molar-refractivity contribution in [2.75, 3.05) is 31.9 Å². The molecule has 2 heterocycles. The largest absolute Gasteiger partial charge is 0.336 e. The molecule has 1 amide bonds. The molecule has 0 radical (unpaired) electrons. The van der Waals surface area contributed by atoms with Gasteiger partial charge < -0.3 is 4.90 Å². The lowest BCUT2D eigenvalue weighted by Gasteiger charge is -2.21. The monoisotopic (exact) mass is 348 g/mol. The number of halogens is 1. The van der Waals surface area contributed by atoms with Gasteiger partial charge in [0.2, 0.25) is 10.0 Å². The van der Waals surface area contributed by atoms with E-state index >= 15 is 0 Å². The van der Waals surface area contributed by atoms with Crippen LogP contribution in [0.1, 0.15) is 30.3 Å². The Morgan fingerprint density at radius 1 is 1.32 bits per heavy atom. The lowest BCUT2D eigenvalue weighted by Crippen LogP contribution is -2.38. The molecule has 1 aliphatic heterocycles. The number of amides is 1. The highest BCUT2D eigenvalue weighted by molar-refractivity contribution is 7.89. The Bertz CT molecular complexity index is 644. The van der Waals surface area contributed by atoms with Crippen molar-refractivity contribution in [1.29, 1.82) is 0 Å². The SMILES string of the molecule is CCCS(=O)(=O)N1CCCN(C(=O)c2nn(C)cc2Cl)CC1. The maximum atomic E-state index is 12.5. The molecule has 22 heavy (non-hydrogen) atoms. The van der Waals surface area contributed by atoms with Crippen LogP contribution in [0, 0.1) is 0 Å². The van der Waals surface area contributed by atoms with Gasteiger partial charge in [-0.3, -0.25) is 9.48 Å². The van der Waals surface area contributed by atoms with E-state index in [9.17, 15) is 13.2 Å². The van der Waals surface area contributed by atoms with Crippen LogP contribution in [0.4, 0.5) is 0 Å². The van der Waals surface area contributed by atoms with E-state index in [1.807, 2.05) is 6.92 Å². The van der Waals surface area contributed by atoms with Crippen LogP contribution in [-0.2, 0) is 17.1 Å². The summed E-state index contributed by atoms with van der Waals surface area (Å²) in [5.41, 5.74) is 0.217. The number of sulfonamides is 1. The third-order valence-electron chi connectivity index (χ3n) is 3.58. The van der Waals surface area contributed by atoms with E-state index in [-0.39, 0.29) is 17.4 Å². The molecule has 1 aromatic heterocycles. The average Bonchev–Trinajstić information content (AvgIpc) is 2.66. The van der Waals surface area contributed by atoms with Crippen LogP contribution >= 0.6 is 11.6 Å². The Labute approximate surface area is 135 Å². The molecule has 9 heteroatoms. The Morgan fingerprint density at radius 3 is 2.64 bits per heavy atom. The average molecular weight is 349 g/mol. The van der Waals surface area contributed by atoms with Gasteiger partial charge >= 0.3 is 0 Å². The molecule has 1 aromatic rings. The Morgan fingerprint density at radius 2 is 2.05 bits per heavy atom. The molecular formula is C13H21ClN4O3S. The highest BCUT2D eigenvalue weighted by atomic mass is 35.5. The van der Waals surface area contributed by atoms with Gasteiger partial charge in [0, 0.05) is 39.4 Å². The fourth-order valence-electron chi connectivity index (χ4n) is 2.52. The molecule has 0 aromatic carbocycles.